The first-order valence-electron chi connectivity index (χ1n) is 7.03. The molecule has 0 aliphatic heterocycles. The lowest BCUT2D eigenvalue weighted by Crippen LogP contribution is -2.13. The summed E-state index contributed by atoms with van der Waals surface area (Å²) in [6, 6.07) is 10.3. The molecule has 0 atom stereocenters. The van der Waals surface area contributed by atoms with Gasteiger partial charge in [0.25, 0.3) is 5.91 Å². The van der Waals surface area contributed by atoms with E-state index >= 15 is 0 Å². The molecule has 2 aromatic carbocycles. The number of amides is 1. The molecule has 124 valence electrons. The summed E-state index contributed by atoms with van der Waals surface area (Å²) >= 11 is 12.0. The van der Waals surface area contributed by atoms with Gasteiger partial charge in [0.1, 0.15) is 17.2 Å². The highest BCUT2D eigenvalue weighted by molar-refractivity contribution is 6.32. The van der Waals surface area contributed by atoms with E-state index in [4.69, 9.17) is 32.7 Å². The second-order valence-electron chi connectivity index (χ2n) is 5.06. The van der Waals surface area contributed by atoms with Gasteiger partial charge in [0.2, 0.25) is 0 Å². The quantitative estimate of drug-likeness (QED) is 0.702. The Morgan fingerprint density at radius 2 is 1.79 bits per heavy atom. The summed E-state index contributed by atoms with van der Waals surface area (Å²) in [5.41, 5.74) is 1.69. The lowest BCUT2D eigenvalue weighted by molar-refractivity contribution is 0.102. The van der Waals surface area contributed by atoms with Crippen LogP contribution in [-0.4, -0.2) is 25.1 Å². The molecule has 3 aromatic rings. The molecular weight excluding hydrogens is 351 g/mol. The Hall–Kier alpha value is -2.37. The van der Waals surface area contributed by atoms with Crippen molar-refractivity contribution in [1.82, 2.24) is 4.98 Å². The van der Waals surface area contributed by atoms with Gasteiger partial charge in [-0.15, -0.1) is 0 Å². The van der Waals surface area contributed by atoms with Crippen LogP contribution in [0.2, 0.25) is 10.0 Å². The summed E-state index contributed by atoms with van der Waals surface area (Å²) < 4.78 is 10.4. The Kier molecular flexibility index (Phi) is 4.55. The van der Waals surface area contributed by atoms with Crippen molar-refractivity contribution in [3.63, 3.8) is 0 Å². The van der Waals surface area contributed by atoms with Crippen molar-refractivity contribution in [3.8, 4) is 11.5 Å². The first kappa shape index (κ1) is 16.5. The smallest absolute Gasteiger partial charge is 0.272 e. The van der Waals surface area contributed by atoms with Crippen molar-refractivity contribution < 1.29 is 14.3 Å². The lowest BCUT2D eigenvalue weighted by atomic mass is 10.2. The van der Waals surface area contributed by atoms with Gasteiger partial charge in [-0.1, -0.05) is 23.2 Å². The van der Waals surface area contributed by atoms with E-state index in [1.165, 1.54) is 14.2 Å². The van der Waals surface area contributed by atoms with E-state index in [1.807, 2.05) is 6.07 Å². The largest absolute Gasteiger partial charge is 0.495 e. The van der Waals surface area contributed by atoms with Crippen LogP contribution in [0.5, 0.6) is 11.5 Å². The molecule has 0 saturated heterocycles. The van der Waals surface area contributed by atoms with Crippen molar-refractivity contribution in [2.24, 2.45) is 0 Å². The lowest BCUT2D eigenvalue weighted by Gasteiger charge is -2.12. The Morgan fingerprint density at radius 3 is 2.50 bits per heavy atom. The van der Waals surface area contributed by atoms with Crippen molar-refractivity contribution in [2.45, 2.75) is 0 Å². The van der Waals surface area contributed by atoms with Gasteiger partial charge in [-0.05, 0) is 24.3 Å². The Balaban J connectivity index is 1.93. The monoisotopic (exact) mass is 364 g/mol. The normalized spacial score (nSPS) is 10.7. The van der Waals surface area contributed by atoms with Gasteiger partial charge in [-0.2, -0.15) is 0 Å². The number of fused-ring (bicyclic) bond motifs is 1. The van der Waals surface area contributed by atoms with E-state index in [1.54, 1.807) is 30.3 Å². The molecule has 1 aromatic heterocycles. The highest BCUT2D eigenvalue weighted by Gasteiger charge is 2.15. The fourth-order valence-electron chi connectivity index (χ4n) is 2.37. The summed E-state index contributed by atoms with van der Waals surface area (Å²) in [5, 5.41) is 4.65. The van der Waals surface area contributed by atoms with Crippen LogP contribution in [0.25, 0.3) is 10.9 Å². The van der Waals surface area contributed by atoms with Crippen LogP contribution in [-0.2, 0) is 0 Å². The third kappa shape index (κ3) is 3.13. The maximum absolute atomic E-state index is 12.5. The van der Waals surface area contributed by atoms with Crippen molar-refractivity contribution in [2.75, 3.05) is 19.5 Å². The number of aromatic amines is 1. The van der Waals surface area contributed by atoms with Gasteiger partial charge >= 0.3 is 0 Å². The van der Waals surface area contributed by atoms with E-state index in [0.29, 0.717) is 32.9 Å². The molecule has 0 aliphatic carbocycles. The van der Waals surface area contributed by atoms with Gasteiger partial charge in [-0.25, -0.2) is 0 Å². The topological polar surface area (TPSA) is 63.3 Å². The Labute approximate surface area is 148 Å². The number of hydrogen-bond acceptors (Lipinski definition) is 3. The molecule has 0 aliphatic rings. The molecule has 24 heavy (non-hydrogen) atoms. The molecule has 0 radical (unpaired) electrons. The van der Waals surface area contributed by atoms with Gasteiger partial charge in [-0.3, -0.25) is 4.79 Å². The fourth-order valence-corrected chi connectivity index (χ4v) is 2.78. The van der Waals surface area contributed by atoms with Gasteiger partial charge in [0.05, 0.1) is 24.9 Å². The summed E-state index contributed by atoms with van der Waals surface area (Å²) in [4.78, 5) is 15.6. The molecule has 0 unspecified atom stereocenters. The highest BCUT2D eigenvalue weighted by Crippen LogP contribution is 2.36. The molecule has 5 nitrogen and oxygen atoms in total. The minimum absolute atomic E-state index is 0.315. The minimum Gasteiger partial charge on any atom is -0.495 e. The number of carbonyl (C=O) groups excluding carboxylic acids is 1. The van der Waals surface area contributed by atoms with Crippen LogP contribution in [0, 0.1) is 0 Å². The Morgan fingerprint density at radius 1 is 1.04 bits per heavy atom. The zero-order valence-corrected chi connectivity index (χ0v) is 14.5. The first-order valence-corrected chi connectivity index (χ1v) is 7.78. The molecular formula is C17H14Cl2N2O3. The third-order valence-electron chi connectivity index (χ3n) is 3.55. The number of aromatic nitrogens is 1. The average Bonchev–Trinajstić information content (AvgIpc) is 2.99. The van der Waals surface area contributed by atoms with Crippen molar-refractivity contribution in [1.29, 1.82) is 0 Å². The van der Waals surface area contributed by atoms with E-state index < -0.39 is 0 Å². The number of H-pyrrole nitrogens is 1. The predicted molar refractivity (Wildman–Crippen MR) is 95.8 cm³/mol. The number of benzene rings is 2. The van der Waals surface area contributed by atoms with E-state index in [0.717, 1.165) is 10.9 Å². The number of anilines is 1. The van der Waals surface area contributed by atoms with Crippen molar-refractivity contribution in [3.05, 3.63) is 52.1 Å². The number of nitrogens with one attached hydrogen (secondary N) is 2. The van der Waals surface area contributed by atoms with Crippen LogP contribution < -0.4 is 14.8 Å². The molecule has 3 rings (SSSR count). The van der Waals surface area contributed by atoms with Gasteiger partial charge in [0, 0.05) is 28.1 Å². The van der Waals surface area contributed by atoms with E-state index in [-0.39, 0.29) is 5.91 Å². The molecule has 2 N–H and O–H groups in total. The number of carbonyl (C=O) groups is 1. The highest BCUT2D eigenvalue weighted by atomic mass is 35.5. The number of ether oxygens (including phenoxy) is 2. The molecule has 7 heteroatoms. The summed E-state index contributed by atoms with van der Waals surface area (Å²) in [6.07, 6.45) is 0. The van der Waals surface area contributed by atoms with Crippen LogP contribution in [0.4, 0.5) is 5.69 Å². The predicted octanol–water partition coefficient (Wildman–Crippen LogP) is 4.74. The molecule has 0 saturated carbocycles. The van der Waals surface area contributed by atoms with Gasteiger partial charge in [0.15, 0.2) is 0 Å². The molecule has 1 heterocycles. The standard InChI is InChI=1S/C17H14Cl2N2O3/c1-23-15-8-13(16(24-2)7-11(15)19)21-17(22)14-6-9-5-10(18)3-4-12(9)20-14/h3-8,20H,1-2H3,(H,21,22). The van der Waals surface area contributed by atoms with E-state index in [2.05, 4.69) is 10.3 Å². The fraction of sp³-hybridized carbons (Fsp3) is 0.118. The molecule has 0 spiro atoms. The summed E-state index contributed by atoms with van der Waals surface area (Å²) in [7, 11) is 3.00. The van der Waals surface area contributed by atoms with Crippen LogP contribution in [0.3, 0.4) is 0 Å². The summed E-state index contributed by atoms with van der Waals surface area (Å²) in [5.74, 6) is 0.564. The molecule has 1 amide bonds. The first-order chi connectivity index (χ1) is 11.5. The number of rotatable bonds is 4. The van der Waals surface area contributed by atoms with Crippen LogP contribution in [0.15, 0.2) is 36.4 Å². The number of halogens is 2. The van der Waals surface area contributed by atoms with Crippen LogP contribution >= 0.6 is 23.2 Å². The van der Waals surface area contributed by atoms with E-state index in [9.17, 15) is 4.79 Å². The molecule has 0 fully saturated rings. The Bertz CT molecular complexity index is 922. The van der Waals surface area contributed by atoms with Gasteiger partial charge < -0.3 is 19.8 Å². The minimum atomic E-state index is -0.315. The second-order valence-corrected chi connectivity index (χ2v) is 5.90. The zero-order chi connectivity index (χ0) is 17.3. The maximum Gasteiger partial charge on any atom is 0.272 e. The number of hydrogen-bond donors (Lipinski definition) is 2. The average molecular weight is 365 g/mol. The second kappa shape index (κ2) is 6.63. The number of methoxy groups -OCH3 is 2. The molecule has 0 bridgehead atoms. The zero-order valence-electron chi connectivity index (χ0n) is 12.9. The maximum atomic E-state index is 12.5. The summed E-state index contributed by atoms with van der Waals surface area (Å²) in [6.45, 7) is 0. The van der Waals surface area contributed by atoms with Crippen molar-refractivity contribution >= 4 is 45.7 Å². The van der Waals surface area contributed by atoms with Crippen LogP contribution in [0.1, 0.15) is 10.5 Å². The third-order valence-corrected chi connectivity index (χ3v) is 4.08. The SMILES string of the molecule is COc1cc(NC(=O)c2cc3cc(Cl)ccc3[nH]2)c(OC)cc1Cl.